The standard InChI is InChI=1S/C39H40N2O4/c1-45-32-21-17-27(18-22-32)23-24-40-35-14-8-5-9-30(35)25-39(38(40)44)34-13-7-6-12-33(34)37(43)41(31-10-3-2-4-11-31)36(39)29-19-15-28(26-42)16-20-29/h5-9,12-22,31,36,42H,2-4,10-11,23-26H2,1H3/t36-,39-/m0/s1. The van der Waals surface area contributed by atoms with Crippen molar-refractivity contribution in [3.05, 3.63) is 130 Å². The normalized spacial score (nSPS) is 21.5. The molecule has 1 aliphatic carbocycles. The van der Waals surface area contributed by atoms with E-state index in [-0.39, 0.29) is 24.5 Å². The zero-order valence-electron chi connectivity index (χ0n) is 25.8. The number of hydrogen-bond donors (Lipinski definition) is 1. The second-order valence-corrected chi connectivity index (χ2v) is 12.7. The molecule has 0 aromatic heterocycles. The Hall–Kier alpha value is -4.42. The first kappa shape index (κ1) is 29.3. The van der Waals surface area contributed by atoms with Gasteiger partial charge in [0.25, 0.3) is 5.91 Å². The molecule has 1 saturated carbocycles. The lowest BCUT2D eigenvalue weighted by atomic mass is 9.61. The molecule has 3 aliphatic rings. The van der Waals surface area contributed by atoms with E-state index in [1.165, 1.54) is 6.42 Å². The molecule has 7 rings (SSSR count). The van der Waals surface area contributed by atoms with Crippen molar-refractivity contribution in [1.82, 2.24) is 4.90 Å². The van der Waals surface area contributed by atoms with E-state index in [2.05, 4.69) is 29.2 Å². The van der Waals surface area contributed by atoms with Crippen LogP contribution in [-0.4, -0.2) is 41.5 Å². The maximum atomic E-state index is 15.5. The van der Waals surface area contributed by atoms with Crippen molar-refractivity contribution in [3.8, 4) is 5.75 Å². The van der Waals surface area contributed by atoms with Crippen LogP contribution in [0.3, 0.4) is 0 Å². The Morgan fingerprint density at radius 3 is 2.24 bits per heavy atom. The summed E-state index contributed by atoms with van der Waals surface area (Å²) in [5.41, 5.74) is 5.34. The maximum Gasteiger partial charge on any atom is 0.254 e. The van der Waals surface area contributed by atoms with Gasteiger partial charge in [0.05, 0.1) is 19.8 Å². The van der Waals surface area contributed by atoms with E-state index in [1.54, 1.807) is 7.11 Å². The average molecular weight is 601 g/mol. The van der Waals surface area contributed by atoms with E-state index in [4.69, 9.17) is 4.74 Å². The topological polar surface area (TPSA) is 70.1 Å². The Kier molecular flexibility index (Phi) is 7.92. The fourth-order valence-corrected chi connectivity index (χ4v) is 8.02. The summed E-state index contributed by atoms with van der Waals surface area (Å²) in [6.45, 7) is 0.454. The predicted molar refractivity (Wildman–Crippen MR) is 175 cm³/mol. The minimum Gasteiger partial charge on any atom is -0.497 e. The smallest absolute Gasteiger partial charge is 0.254 e. The molecule has 230 valence electrons. The average Bonchev–Trinajstić information content (AvgIpc) is 3.10. The number of methoxy groups -OCH3 is 1. The highest BCUT2D eigenvalue weighted by Crippen LogP contribution is 2.55. The number of hydrogen-bond acceptors (Lipinski definition) is 4. The highest BCUT2D eigenvalue weighted by atomic mass is 16.5. The minimum absolute atomic E-state index is 0.0100. The number of amides is 2. The van der Waals surface area contributed by atoms with Gasteiger partial charge in [-0.05, 0) is 77.8 Å². The van der Waals surface area contributed by atoms with Crippen LogP contribution in [0.4, 0.5) is 5.69 Å². The van der Waals surface area contributed by atoms with E-state index in [0.717, 1.165) is 64.9 Å². The van der Waals surface area contributed by atoms with Gasteiger partial charge in [0.2, 0.25) is 5.91 Å². The molecule has 4 aromatic rings. The third-order valence-corrected chi connectivity index (χ3v) is 10.2. The maximum absolute atomic E-state index is 15.5. The first-order valence-corrected chi connectivity index (χ1v) is 16.2. The zero-order chi connectivity index (χ0) is 31.0. The molecule has 2 atom stereocenters. The summed E-state index contributed by atoms with van der Waals surface area (Å²) in [7, 11) is 1.66. The third kappa shape index (κ3) is 5.01. The van der Waals surface area contributed by atoms with Crippen molar-refractivity contribution < 1.29 is 19.4 Å². The van der Waals surface area contributed by atoms with E-state index in [9.17, 15) is 9.90 Å². The minimum atomic E-state index is -1.02. The summed E-state index contributed by atoms with van der Waals surface area (Å²) in [5, 5.41) is 9.85. The Labute approximate surface area is 265 Å². The Balaban J connectivity index is 1.42. The number of para-hydroxylation sites is 1. The molecule has 6 heteroatoms. The predicted octanol–water partition coefficient (Wildman–Crippen LogP) is 6.79. The molecule has 1 N–H and O–H groups in total. The van der Waals surface area contributed by atoms with Crippen LogP contribution in [0.15, 0.2) is 97.1 Å². The number of nitrogens with zero attached hydrogens (tertiary/aromatic N) is 2. The van der Waals surface area contributed by atoms with Crippen molar-refractivity contribution in [2.45, 2.75) is 69.1 Å². The largest absolute Gasteiger partial charge is 0.497 e. The number of ether oxygens (including phenoxy) is 1. The van der Waals surface area contributed by atoms with Gasteiger partial charge in [-0.1, -0.05) is 92.1 Å². The van der Waals surface area contributed by atoms with Crippen LogP contribution in [0, 0.1) is 0 Å². The van der Waals surface area contributed by atoms with Crippen LogP contribution in [-0.2, 0) is 29.7 Å². The number of fused-ring (bicyclic) bond motifs is 3. The van der Waals surface area contributed by atoms with Crippen LogP contribution >= 0.6 is 0 Å². The van der Waals surface area contributed by atoms with Gasteiger partial charge >= 0.3 is 0 Å². The molecule has 2 aliphatic heterocycles. The molecule has 45 heavy (non-hydrogen) atoms. The van der Waals surface area contributed by atoms with E-state index in [1.807, 2.05) is 77.7 Å². The number of benzene rings is 4. The van der Waals surface area contributed by atoms with E-state index in [0.29, 0.717) is 24.9 Å². The van der Waals surface area contributed by atoms with E-state index >= 15 is 4.79 Å². The monoisotopic (exact) mass is 600 g/mol. The summed E-state index contributed by atoms with van der Waals surface area (Å²) in [6.07, 6.45) is 6.36. The van der Waals surface area contributed by atoms with Crippen LogP contribution < -0.4 is 9.64 Å². The number of anilines is 1. The Morgan fingerprint density at radius 1 is 0.822 bits per heavy atom. The van der Waals surface area contributed by atoms with Crippen molar-refractivity contribution in [2.75, 3.05) is 18.6 Å². The fraction of sp³-hybridized carbons (Fsp3) is 0.333. The Bertz CT molecular complexity index is 1690. The van der Waals surface area contributed by atoms with Crippen LogP contribution in [0.5, 0.6) is 5.75 Å². The number of aliphatic hydroxyl groups is 1. The van der Waals surface area contributed by atoms with Gasteiger partial charge in [-0.2, -0.15) is 0 Å². The lowest BCUT2D eigenvalue weighted by Gasteiger charge is -2.55. The molecule has 1 fully saturated rings. The summed E-state index contributed by atoms with van der Waals surface area (Å²) < 4.78 is 5.36. The molecule has 2 amide bonds. The molecule has 6 nitrogen and oxygen atoms in total. The van der Waals surface area contributed by atoms with Gasteiger partial charge in [0, 0.05) is 23.8 Å². The number of rotatable bonds is 7. The summed E-state index contributed by atoms with van der Waals surface area (Å²) in [4.78, 5) is 34.2. The van der Waals surface area contributed by atoms with Gasteiger partial charge in [0.15, 0.2) is 0 Å². The molecule has 2 heterocycles. The molecule has 0 unspecified atom stereocenters. The molecule has 0 radical (unpaired) electrons. The van der Waals surface area contributed by atoms with Gasteiger partial charge in [-0.25, -0.2) is 0 Å². The lowest BCUT2D eigenvalue weighted by molar-refractivity contribution is -0.128. The molecule has 0 saturated heterocycles. The highest BCUT2D eigenvalue weighted by molar-refractivity contribution is 6.10. The summed E-state index contributed by atoms with van der Waals surface area (Å²) in [6, 6.07) is 31.5. The highest BCUT2D eigenvalue weighted by Gasteiger charge is 2.60. The van der Waals surface area contributed by atoms with Crippen molar-refractivity contribution >= 4 is 17.5 Å². The van der Waals surface area contributed by atoms with Gasteiger partial charge in [0.1, 0.15) is 11.2 Å². The summed E-state index contributed by atoms with van der Waals surface area (Å²) in [5.74, 6) is 0.848. The molecular formula is C39H40N2O4. The quantitative estimate of drug-likeness (QED) is 0.254. The number of carbonyl (C=O) groups excluding carboxylic acids is 2. The first-order chi connectivity index (χ1) is 22.0. The van der Waals surface area contributed by atoms with Crippen molar-refractivity contribution in [3.63, 3.8) is 0 Å². The second kappa shape index (κ2) is 12.2. The molecule has 4 aromatic carbocycles. The van der Waals surface area contributed by atoms with Crippen molar-refractivity contribution in [1.29, 1.82) is 0 Å². The lowest BCUT2D eigenvalue weighted by Crippen LogP contribution is -2.64. The van der Waals surface area contributed by atoms with Gasteiger partial charge in [-0.15, -0.1) is 0 Å². The van der Waals surface area contributed by atoms with Crippen LogP contribution in [0.25, 0.3) is 0 Å². The fourth-order valence-electron chi connectivity index (χ4n) is 8.02. The molecular weight excluding hydrogens is 560 g/mol. The van der Waals surface area contributed by atoms with Gasteiger partial charge < -0.3 is 19.6 Å². The third-order valence-electron chi connectivity index (χ3n) is 10.2. The SMILES string of the molecule is COc1ccc(CCN2C(=O)[C@@]3(Cc4ccccc42)c2ccccc2C(=O)N(C2CCCCC2)[C@H]3c2ccc(CO)cc2)cc1. The molecule has 0 bridgehead atoms. The van der Waals surface area contributed by atoms with Crippen molar-refractivity contribution in [2.24, 2.45) is 0 Å². The number of carbonyl (C=O) groups is 2. The van der Waals surface area contributed by atoms with Crippen LogP contribution in [0.2, 0.25) is 0 Å². The Morgan fingerprint density at radius 2 is 1.51 bits per heavy atom. The first-order valence-electron chi connectivity index (χ1n) is 16.2. The van der Waals surface area contributed by atoms with Gasteiger partial charge in [-0.3, -0.25) is 9.59 Å². The zero-order valence-corrected chi connectivity index (χ0v) is 25.8. The number of aliphatic hydroxyl groups excluding tert-OH is 1. The molecule has 1 spiro atoms. The second-order valence-electron chi connectivity index (χ2n) is 12.7. The summed E-state index contributed by atoms with van der Waals surface area (Å²) >= 11 is 0. The van der Waals surface area contributed by atoms with E-state index < -0.39 is 11.5 Å². The van der Waals surface area contributed by atoms with Crippen LogP contribution in [0.1, 0.15) is 76.3 Å².